The number of hydrogen-bond acceptors (Lipinski definition) is 6. The van der Waals surface area contributed by atoms with Crippen LogP contribution in [-0.4, -0.2) is 39.4 Å². The number of halogens is 1. The van der Waals surface area contributed by atoms with Crippen LogP contribution in [0.2, 0.25) is 0 Å². The minimum Gasteiger partial charge on any atom is -0.458 e. The molecular weight excluding hydrogens is 384 g/mol. The van der Waals surface area contributed by atoms with Crippen molar-refractivity contribution in [1.82, 2.24) is 4.90 Å². The molecule has 1 aromatic heterocycles. The molecular formula is C15H21BrN2O4S. The maximum Gasteiger partial charge on any atom is 0.332 e. The smallest absolute Gasteiger partial charge is 0.332 e. The fourth-order valence-corrected chi connectivity index (χ4v) is 3.94. The summed E-state index contributed by atoms with van der Waals surface area (Å²) in [6, 6.07) is 0. The summed E-state index contributed by atoms with van der Waals surface area (Å²) in [7, 11) is 0. The number of fused-ring (bicyclic) bond motifs is 1. The van der Waals surface area contributed by atoms with Crippen LogP contribution in [-0.2, 0) is 9.53 Å². The SMILES string of the molecule is Cc1c(Br)sc2c1C(=O)N(C(C)(C)C(=O)OC(C)(C)C)C(O)N2. The average molecular weight is 405 g/mol. The van der Waals surface area contributed by atoms with E-state index in [2.05, 4.69) is 21.2 Å². The maximum atomic E-state index is 12.9. The molecule has 2 N–H and O–H groups in total. The van der Waals surface area contributed by atoms with Crippen LogP contribution in [0.25, 0.3) is 0 Å². The molecule has 2 rings (SSSR count). The number of nitrogens with zero attached hydrogens (tertiary/aromatic N) is 1. The van der Waals surface area contributed by atoms with Gasteiger partial charge in [0.15, 0.2) is 0 Å². The summed E-state index contributed by atoms with van der Waals surface area (Å²) < 4.78 is 6.21. The van der Waals surface area contributed by atoms with Crippen molar-refractivity contribution in [2.24, 2.45) is 0 Å². The predicted molar refractivity (Wildman–Crippen MR) is 92.5 cm³/mol. The van der Waals surface area contributed by atoms with Gasteiger partial charge < -0.3 is 15.2 Å². The number of carbonyl (C=O) groups is 2. The van der Waals surface area contributed by atoms with Gasteiger partial charge in [-0.05, 0) is 63.0 Å². The Morgan fingerprint density at radius 3 is 2.43 bits per heavy atom. The van der Waals surface area contributed by atoms with Crippen molar-refractivity contribution in [2.75, 3.05) is 5.32 Å². The van der Waals surface area contributed by atoms with Crippen LogP contribution in [0.3, 0.4) is 0 Å². The van der Waals surface area contributed by atoms with Crippen LogP contribution in [0.1, 0.15) is 50.5 Å². The molecule has 1 amide bonds. The van der Waals surface area contributed by atoms with Crippen LogP contribution < -0.4 is 5.32 Å². The molecule has 6 nitrogen and oxygen atoms in total. The lowest BCUT2D eigenvalue weighted by Crippen LogP contribution is -2.62. The first kappa shape index (κ1) is 18.2. The van der Waals surface area contributed by atoms with Gasteiger partial charge in [0.1, 0.15) is 16.1 Å². The molecule has 1 atom stereocenters. The molecule has 0 bridgehead atoms. The Morgan fingerprint density at radius 2 is 1.91 bits per heavy atom. The molecule has 0 saturated carbocycles. The Morgan fingerprint density at radius 1 is 1.35 bits per heavy atom. The Labute approximate surface area is 147 Å². The van der Waals surface area contributed by atoms with Gasteiger partial charge in [-0.25, -0.2) is 4.79 Å². The number of esters is 1. The van der Waals surface area contributed by atoms with Crippen molar-refractivity contribution >= 4 is 44.1 Å². The summed E-state index contributed by atoms with van der Waals surface area (Å²) in [5, 5.41) is 13.8. The third-order valence-electron chi connectivity index (χ3n) is 3.53. The van der Waals surface area contributed by atoms with E-state index in [-0.39, 0.29) is 0 Å². The largest absolute Gasteiger partial charge is 0.458 e. The fraction of sp³-hybridized carbons (Fsp3) is 0.600. The van der Waals surface area contributed by atoms with Gasteiger partial charge in [0, 0.05) is 0 Å². The zero-order chi connectivity index (χ0) is 17.7. The van der Waals surface area contributed by atoms with Crippen LogP contribution in [0.5, 0.6) is 0 Å². The van der Waals surface area contributed by atoms with E-state index in [1.807, 2.05) is 6.92 Å². The minimum absolute atomic E-state index is 0.401. The van der Waals surface area contributed by atoms with Crippen molar-refractivity contribution in [3.05, 3.63) is 14.9 Å². The average Bonchev–Trinajstić information content (AvgIpc) is 2.62. The van der Waals surface area contributed by atoms with Crippen LogP contribution in [0.15, 0.2) is 3.79 Å². The first-order chi connectivity index (χ1) is 10.4. The third-order valence-corrected chi connectivity index (χ3v) is 5.62. The highest BCUT2D eigenvalue weighted by molar-refractivity contribution is 9.11. The van der Waals surface area contributed by atoms with Gasteiger partial charge in [0.25, 0.3) is 5.91 Å². The Bertz CT molecular complexity index is 663. The predicted octanol–water partition coefficient (Wildman–Crippen LogP) is 3.08. The number of thiophene rings is 1. The van der Waals surface area contributed by atoms with Crippen LogP contribution in [0, 0.1) is 6.92 Å². The number of carbonyl (C=O) groups excluding carboxylic acids is 2. The van der Waals surface area contributed by atoms with Crippen molar-refractivity contribution in [1.29, 1.82) is 0 Å². The normalized spacial score (nSPS) is 18.5. The standard InChI is InChI=1S/C15H21BrN2O4S/c1-7-8-10(23-9(7)16)17-13(21)18(11(8)19)15(5,6)12(20)22-14(2,3)4/h13,17,21H,1-6H3. The first-order valence-corrected chi connectivity index (χ1v) is 8.78. The minimum atomic E-state index is -1.32. The topological polar surface area (TPSA) is 78.9 Å². The van der Waals surface area contributed by atoms with E-state index in [0.29, 0.717) is 10.6 Å². The highest BCUT2D eigenvalue weighted by atomic mass is 79.9. The summed E-state index contributed by atoms with van der Waals surface area (Å²) >= 11 is 4.73. The van der Waals surface area contributed by atoms with Crippen LogP contribution in [0.4, 0.5) is 5.00 Å². The number of amides is 1. The van der Waals surface area contributed by atoms with Gasteiger partial charge >= 0.3 is 5.97 Å². The first-order valence-electron chi connectivity index (χ1n) is 7.17. The molecule has 128 valence electrons. The molecule has 0 saturated heterocycles. The van der Waals surface area contributed by atoms with Crippen molar-refractivity contribution in [2.45, 2.75) is 59.0 Å². The number of aliphatic hydroxyl groups is 1. The molecule has 23 heavy (non-hydrogen) atoms. The Kier molecular flexibility index (Phi) is 4.56. The number of ether oxygens (including phenoxy) is 1. The van der Waals surface area contributed by atoms with Gasteiger partial charge in [-0.3, -0.25) is 9.69 Å². The second-order valence-electron chi connectivity index (χ2n) is 6.96. The summed E-state index contributed by atoms with van der Waals surface area (Å²) in [5.74, 6) is -0.976. The van der Waals surface area contributed by atoms with Gasteiger partial charge in [-0.15, -0.1) is 11.3 Å². The number of aliphatic hydroxyl groups excluding tert-OH is 1. The molecule has 8 heteroatoms. The highest BCUT2D eigenvalue weighted by Gasteiger charge is 2.48. The number of hydrogen-bond donors (Lipinski definition) is 2. The number of anilines is 1. The Balaban J connectivity index is 2.41. The highest BCUT2D eigenvalue weighted by Crippen LogP contribution is 2.42. The summed E-state index contributed by atoms with van der Waals surface area (Å²) in [5.41, 5.74) is -0.767. The van der Waals surface area contributed by atoms with Crippen molar-refractivity contribution in [3.63, 3.8) is 0 Å². The van der Waals surface area contributed by atoms with Gasteiger partial charge in [-0.2, -0.15) is 0 Å². The second kappa shape index (κ2) is 5.75. The molecule has 1 aliphatic rings. The molecule has 0 radical (unpaired) electrons. The van der Waals surface area contributed by atoms with E-state index in [4.69, 9.17) is 4.74 Å². The van der Waals surface area contributed by atoms with E-state index in [9.17, 15) is 14.7 Å². The van der Waals surface area contributed by atoms with E-state index in [0.717, 1.165) is 14.2 Å². The van der Waals surface area contributed by atoms with Crippen molar-refractivity contribution < 1.29 is 19.4 Å². The Hall–Kier alpha value is -1.12. The lowest BCUT2D eigenvalue weighted by molar-refractivity contribution is -0.170. The lowest BCUT2D eigenvalue weighted by Gasteiger charge is -2.43. The quantitative estimate of drug-likeness (QED) is 0.740. The van der Waals surface area contributed by atoms with E-state index in [1.54, 1.807) is 34.6 Å². The van der Waals surface area contributed by atoms with Crippen LogP contribution >= 0.6 is 27.3 Å². The molecule has 1 unspecified atom stereocenters. The molecule has 1 aromatic rings. The van der Waals surface area contributed by atoms with Gasteiger partial charge in [0.2, 0.25) is 6.35 Å². The molecule has 0 fully saturated rings. The fourth-order valence-electron chi connectivity index (χ4n) is 2.32. The zero-order valence-electron chi connectivity index (χ0n) is 14.0. The molecule has 0 aromatic carbocycles. The summed E-state index contributed by atoms with van der Waals surface area (Å²) in [6.07, 6.45) is -1.30. The van der Waals surface area contributed by atoms with E-state index >= 15 is 0 Å². The molecule has 1 aliphatic heterocycles. The number of rotatable bonds is 2. The maximum absolute atomic E-state index is 12.9. The second-order valence-corrected chi connectivity index (χ2v) is 9.30. The van der Waals surface area contributed by atoms with E-state index < -0.39 is 29.4 Å². The molecule has 2 heterocycles. The molecule has 0 aliphatic carbocycles. The van der Waals surface area contributed by atoms with Gasteiger partial charge in [0.05, 0.1) is 9.35 Å². The summed E-state index contributed by atoms with van der Waals surface area (Å²) in [4.78, 5) is 26.5. The van der Waals surface area contributed by atoms with Gasteiger partial charge in [-0.1, -0.05) is 0 Å². The third kappa shape index (κ3) is 3.25. The summed E-state index contributed by atoms with van der Waals surface area (Å²) in [6.45, 7) is 10.2. The molecule has 0 spiro atoms. The van der Waals surface area contributed by atoms with Crippen molar-refractivity contribution in [3.8, 4) is 0 Å². The lowest BCUT2D eigenvalue weighted by atomic mass is 9.99. The van der Waals surface area contributed by atoms with E-state index in [1.165, 1.54) is 11.3 Å². The monoisotopic (exact) mass is 404 g/mol. The number of nitrogens with one attached hydrogen (secondary N) is 1. The zero-order valence-corrected chi connectivity index (χ0v) is 16.4.